The van der Waals surface area contributed by atoms with Gasteiger partial charge in [0, 0.05) is 50.2 Å². The standard InChI is InChI=1S/C33H44N2O4/c1-4-19-35-20-18-33(27-15-11-16-29(21-27)38-3)23-28(22-31(30(33)24-35)39-25(2)36)34-32(37)17-10-6-9-14-26-12-7-5-8-13-26/h4-5,7-8,11-13,15-16,21,28,30-31H,1,6,9-10,14,17-20,22-24H2,2-3H3,(H,34,37)/t28-,30+,31?,33+/m1/s1. The Labute approximate surface area is 233 Å². The van der Waals surface area contributed by atoms with Crippen LogP contribution in [0.2, 0.25) is 0 Å². The van der Waals surface area contributed by atoms with Gasteiger partial charge in [-0.15, -0.1) is 6.58 Å². The monoisotopic (exact) mass is 532 g/mol. The molecule has 1 saturated carbocycles. The SMILES string of the molecule is C=CCN1CC[C@@]2(c3cccc(OC)c3)C[C@H](NC(=O)CCCCCc3ccccc3)CC(OC(C)=O)[C@@H]2C1. The lowest BCUT2D eigenvalue weighted by Crippen LogP contribution is -2.61. The maximum atomic E-state index is 13.1. The van der Waals surface area contributed by atoms with Gasteiger partial charge in [0.15, 0.2) is 0 Å². The second kappa shape index (κ2) is 13.8. The van der Waals surface area contributed by atoms with Crippen LogP contribution in [0.25, 0.3) is 0 Å². The highest BCUT2D eigenvalue weighted by Crippen LogP contribution is 2.50. The average molecular weight is 533 g/mol. The van der Waals surface area contributed by atoms with Gasteiger partial charge in [-0.2, -0.15) is 0 Å². The molecular formula is C33H44N2O4. The molecule has 1 unspecified atom stereocenters. The number of fused-ring (bicyclic) bond motifs is 1. The second-order valence-electron chi connectivity index (χ2n) is 11.2. The van der Waals surface area contributed by atoms with Gasteiger partial charge in [0.1, 0.15) is 11.9 Å². The first kappa shape index (κ1) is 28.9. The van der Waals surface area contributed by atoms with Crippen molar-refractivity contribution in [3.63, 3.8) is 0 Å². The van der Waals surface area contributed by atoms with Gasteiger partial charge in [-0.05, 0) is 61.9 Å². The lowest BCUT2D eigenvalue weighted by molar-refractivity contribution is -0.157. The average Bonchev–Trinajstić information content (AvgIpc) is 2.93. The molecular weight excluding hydrogens is 488 g/mol. The van der Waals surface area contributed by atoms with Gasteiger partial charge >= 0.3 is 5.97 Å². The minimum Gasteiger partial charge on any atom is -0.497 e. The van der Waals surface area contributed by atoms with Crippen molar-refractivity contribution in [2.75, 3.05) is 26.7 Å². The van der Waals surface area contributed by atoms with Crippen LogP contribution in [-0.4, -0.2) is 55.7 Å². The van der Waals surface area contributed by atoms with Crippen LogP contribution in [0, 0.1) is 5.92 Å². The normalized spacial score (nSPS) is 24.8. The number of unbranched alkanes of at least 4 members (excludes halogenated alkanes) is 2. The van der Waals surface area contributed by atoms with E-state index in [9.17, 15) is 9.59 Å². The van der Waals surface area contributed by atoms with Crippen molar-refractivity contribution in [1.82, 2.24) is 10.2 Å². The molecule has 1 amide bonds. The quantitative estimate of drug-likeness (QED) is 0.224. The zero-order valence-corrected chi connectivity index (χ0v) is 23.6. The number of methoxy groups -OCH3 is 1. The van der Waals surface area contributed by atoms with Crippen LogP contribution in [0.5, 0.6) is 5.75 Å². The van der Waals surface area contributed by atoms with Crippen molar-refractivity contribution in [1.29, 1.82) is 0 Å². The van der Waals surface area contributed by atoms with E-state index in [0.29, 0.717) is 12.8 Å². The van der Waals surface area contributed by atoms with Crippen molar-refractivity contribution >= 4 is 11.9 Å². The molecule has 0 spiro atoms. The zero-order chi connectivity index (χ0) is 27.7. The van der Waals surface area contributed by atoms with Crippen molar-refractivity contribution in [3.05, 3.63) is 78.4 Å². The number of nitrogens with zero attached hydrogens (tertiary/aromatic N) is 1. The summed E-state index contributed by atoms with van der Waals surface area (Å²) in [5, 5.41) is 3.33. The van der Waals surface area contributed by atoms with E-state index in [1.807, 2.05) is 24.3 Å². The van der Waals surface area contributed by atoms with Crippen LogP contribution in [0.4, 0.5) is 0 Å². The van der Waals surface area contributed by atoms with Crippen LogP contribution < -0.4 is 10.1 Å². The Morgan fingerprint density at radius 1 is 1.13 bits per heavy atom. The minimum absolute atomic E-state index is 0.0559. The van der Waals surface area contributed by atoms with Crippen LogP contribution in [0.3, 0.4) is 0 Å². The number of carbonyl (C=O) groups excluding carboxylic acids is 2. The molecule has 4 atom stereocenters. The molecule has 0 radical (unpaired) electrons. The smallest absolute Gasteiger partial charge is 0.302 e. The summed E-state index contributed by atoms with van der Waals surface area (Å²) in [4.78, 5) is 27.7. The molecule has 0 bridgehead atoms. The highest BCUT2D eigenvalue weighted by atomic mass is 16.5. The Balaban J connectivity index is 1.46. The molecule has 0 aromatic heterocycles. The maximum absolute atomic E-state index is 13.1. The van der Waals surface area contributed by atoms with Crippen molar-refractivity contribution in [3.8, 4) is 5.75 Å². The summed E-state index contributed by atoms with van der Waals surface area (Å²) in [6, 6.07) is 18.7. The summed E-state index contributed by atoms with van der Waals surface area (Å²) in [6.07, 6.45) is 8.59. The van der Waals surface area contributed by atoms with Gasteiger partial charge in [0.25, 0.3) is 0 Å². The van der Waals surface area contributed by atoms with E-state index >= 15 is 0 Å². The van der Waals surface area contributed by atoms with Crippen LogP contribution >= 0.6 is 0 Å². The molecule has 210 valence electrons. The number of esters is 1. The first-order chi connectivity index (χ1) is 18.9. The predicted octanol–water partition coefficient (Wildman–Crippen LogP) is 5.45. The van der Waals surface area contributed by atoms with Crippen molar-refractivity contribution in [2.45, 2.75) is 75.9 Å². The molecule has 1 N–H and O–H groups in total. The fourth-order valence-electron chi connectivity index (χ4n) is 6.73. The van der Waals surface area contributed by atoms with Crippen molar-refractivity contribution in [2.24, 2.45) is 5.92 Å². The molecule has 2 aromatic carbocycles. The molecule has 2 fully saturated rings. The van der Waals surface area contributed by atoms with E-state index in [4.69, 9.17) is 9.47 Å². The Hall–Kier alpha value is -3.12. The molecule has 39 heavy (non-hydrogen) atoms. The minimum atomic E-state index is -0.272. The molecule has 2 aromatic rings. The number of amides is 1. The number of benzene rings is 2. The molecule has 1 saturated heterocycles. The van der Waals surface area contributed by atoms with Gasteiger partial charge in [0.2, 0.25) is 5.91 Å². The Morgan fingerprint density at radius 3 is 2.69 bits per heavy atom. The summed E-state index contributed by atoms with van der Waals surface area (Å²) in [5.74, 6) is 0.753. The number of rotatable bonds is 12. The number of ether oxygens (including phenoxy) is 2. The van der Waals surface area contributed by atoms with Gasteiger partial charge < -0.3 is 14.8 Å². The third-order valence-corrected chi connectivity index (χ3v) is 8.54. The summed E-state index contributed by atoms with van der Waals surface area (Å²) in [5.41, 5.74) is 2.32. The van der Waals surface area contributed by atoms with E-state index < -0.39 is 0 Å². The summed E-state index contributed by atoms with van der Waals surface area (Å²) in [6.45, 7) is 7.97. The topological polar surface area (TPSA) is 67.9 Å². The highest BCUT2D eigenvalue weighted by Gasteiger charge is 2.53. The van der Waals surface area contributed by atoms with Crippen LogP contribution in [0.1, 0.15) is 63.0 Å². The summed E-state index contributed by atoms with van der Waals surface area (Å²) < 4.78 is 11.6. The molecule has 1 aliphatic carbocycles. The first-order valence-corrected chi connectivity index (χ1v) is 14.4. The van der Waals surface area contributed by atoms with E-state index in [1.165, 1.54) is 18.1 Å². The number of hydrogen-bond acceptors (Lipinski definition) is 5. The third kappa shape index (κ3) is 7.51. The second-order valence-corrected chi connectivity index (χ2v) is 11.2. The maximum Gasteiger partial charge on any atom is 0.302 e. The molecule has 1 aliphatic heterocycles. The number of carbonyl (C=O) groups is 2. The molecule has 4 rings (SSSR count). The number of likely N-dealkylation sites (tertiary alicyclic amines) is 1. The van der Waals surface area contributed by atoms with E-state index in [0.717, 1.165) is 63.9 Å². The Kier molecular flexibility index (Phi) is 10.2. The van der Waals surface area contributed by atoms with Gasteiger partial charge in [-0.1, -0.05) is 55.0 Å². The zero-order valence-electron chi connectivity index (χ0n) is 23.6. The lowest BCUT2D eigenvalue weighted by atomic mass is 9.57. The van der Waals surface area contributed by atoms with Gasteiger partial charge in [-0.25, -0.2) is 0 Å². The van der Waals surface area contributed by atoms with E-state index in [2.05, 4.69) is 53.2 Å². The summed E-state index contributed by atoms with van der Waals surface area (Å²) in [7, 11) is 1.69. The predicted molar refractivity (Wildman–Crippen MR) is 155 cm³/mol. The number of hydrogen-bond donors (Lipinski definition) is 1. The number of piperidine rings is 1. The third-order valence-electron chi connectivity index (χ3n) is 8.54. The van der Waals surface area contributed by atoms with Crippen LogP contribution in [-0.2, 0) is 26.2 Å². The fourth-order valence-corrected chi connectivity index (χ4v) is 6.73. The highest BCUT2D eigenvalue weighted by molar-refractivity contribution is 5.76. The van der Waals surface area contributed by atoms with E-state index in [-0.39, 0.29) is 35.4 Å². The number of nitrogens with one attached hydrogen (secondary N) is 1. The Bertz CT molecular complexity index is 1100. The molecule has 6 nitrogen and oxygen atoms in total. The lowest BCUT2D eigenvalue weighted by Gasteiger charge is -2.55. The van der Waals surface area contributed by atoms with Gasteiger partial charge in [0.05, 0.1) is 7.11 Å². The van der Waals surface area contributed by atoms with Crippen molar-refractivity contribution < 1.29 is 19.1 Å². The Morgan fingerprint density at radius 2 is 1.95 bits per heavy atom. The fraction of sp³-hybridized carbons (Fsp3) is 0.515. The van der Waals surface area contributed by atoms with Crippen LogP contribution in [0.15, 0.2) is 67.3 Å². The summed E-state index contributed by atoms with van der Waals surface area (Å²) >= 11 is 0. The molecule has 6 heteroatoms. The molecule has 1 heterocycles. The number of aryl methyl sites for hydroxylation is 1. The largest absolute Gasteiger partial charge is 0.497 e. The van der Waals surface area contributed by atoms with Gasteiger partial charge in [-0.3, -0.25) is 14.5 Å². The molecule has 2 aliphatic rings. The van der Waals surface area contributed by atoms with E-state index in [1.54, 1.807) is 7.11 Å². The first-order valence-electron chi connectivity index (χ1n) is 14.4.